The van der Waals surface area contributed by atoms with Crippen molar-refractivity contribution in [2.45, 2.75) is 25.3 Å². The first-order chi connectivity index (χ1) is 6.54. The van der Waals surface area contributed by atoms with Crippen molar-refractivity contribution in [3.63, 3.8) is 0 Å². The van der Waals surface area contributed by atoms with Gasteiger partial charge in [-0.1, -0.05) is 6.92 Å². The van der Waals surface area contributed by atoms with Crippen molar-refractivity contribution in [2.75, 3.05) is 19.6 Å². The summed E-state index contributed by atoms with van der Waals surface area (Å²) in [6.45, 7) is 4.97. The largest absolute Gasteiger partial charge is 0.369 e. The summed E-state index contributed by atoms with van der Waals surface area (Å²) in [5, 5.41) is 0. The van der Waals surface area contributed by atoms with Gasteiger partial charge in [0.25, 0.3) is 0 Å². The Morgan fingerprint density at radius 3 is 2.43 bits per heavy atom. The monoisotopic (exact) mass is 197 g/mol. The van der Waals surface area contributed by atoms with E-state index in [1.54, 1.807) is 0 Å². The molecule has 4 N–H and O–H groups in total. The Morgan fingerprint density at radius 1 is 1.50 bits per heavy atom. The molecule has 3 aliphatic heterocycles. The fourth-order valence-electron chi connectivity index (χ4n) is 2.90. The van der Waals surface area contributed by atoms with Gasteiger partial charge in [0.15, 0.2) is 0 Å². The molecule has 2 bridgehead atoms. The Morgan fingerprint density at radius 2 is 2.07 bits per heavy atom. The molecular weight excluding hydrogens is 178 g/mol. The lowest BCUT2D eigenvalue weighted by Crippen LogP contribution is -2.68. The fraction of sp³-hybridized carbons (Fsp3) is 0.900. The molecule has 3 heterocycles. The number of hydrogen-bond donors (Lipinski definition) is 2. The normalized spacial score (nSPS) is 43.6. The van der Waals surface area contributed by atoms with Gasteiger partial charge < -0.3 is 16.4 Å². The highest BCUT2D eigenvalue weighted by Gasteiger charge is 2.48. The van der Waals surface area contributed by atoms with Gasteiger partial charge in [0.2, 0.25) is 5.91 Å². The van der Waals surface area contributed by atoms with Crippen molar-refractivity contribution in [1.82, 2.24) is 4.90 Å². The van der Waals surface area contributed by atoms with E-state index in [-0.39, 0.29) is 17.4 Å². The molecule has 0 spiro atoms. The second-order valence-corrected chi connectivity index (χ2v) is 4.79. The molecule has 2 atom stereocenters. The minimum absolute atomic E-state index is 0.212. The van der Waals surface area contributed by atoms with E-state index >= 15 is 0 Å². The van der Waals surface area contributed by atoms with Gasteiger partial charge in [-0.3, -0.25) is 4.79 Å². The van der Waals surface area contributed by atoms with Gasteiger partial charge in [-0.05, 0) is 31.8 Å². The highest BCUT2D eigenvalue weighted by Crippen LogP contribution is 2.38. The smallest absolute Gasteiger partial charge is 0.222 e. The van der Waals surface area contributed by atoms with Gasteiger partial charge in [0.05, 0.1) is 5.92 Å². The van der Waals surface area contributed by atoms with Crippen LogP contribution in [0.25, 0.3) is 0 Å². The maximum absolute atomic E-state index is 11.2. The first-order valence-corrected chi connectivity index (χ1v) is 5.34. The maximum Gasteiger partial charge on any atom is 0.222 e. The lowest BCUT2D eigenvalue weighted by atomic mass is 9.67. The van der Waals surface area contributed by atoms with E-state index in [0.717, 1.165) is 32.5 Å². The number of carbonyl (C=O) groups excluding carboxylic acids is 1. The van der Waals surface area contributed by atoms with Gasteiger partial charge in [0.1, 0.15) is 0 Å². The van der Waals surface area contributed by atoms with Crippen molar-refractivity contribution in [3.05, 3.63) is 0 Å². The summed E-state index contributed by atoms with van der Waals surface area (Å²) in [5.74, 6) is 0.00634. The molecule has 14 heavy (non-hydrogen) atoms. The molecule has 3 aliphatic rings. The molecule has 4 heteroatoms. The Balaban J connectivity index is 2.19. The van der Waals surface area contributed by atoms with E-state index in [0.29, 0.717) is 5.92 Å². The van der Waals surface area contributed by atoms with Crippen LogP contribution >= 0.6 is 0 Å². The third kappa shape index (κ3) is 1.33. The number of piperidine rings is 3. The second kappa shape index (κ2) is 3.21. The molecule has 1 amide bonds. The standard InChI is InChI=1S/C10H19N3O/c1-7(9(11)14)10(12)6-13-4-2-8(10)3-5-13/h7-8H,2-6,12H2,1H3,(H2,11,14). The number of hydrogen-bond acceptors (Lipinski definition) is 3. The van der Waals surface area contributed by atoms with E-state index in [1.807, 2.05) is 6.92 Å². The van der Waals surface area contributed by atoms with E-state index in [9.17, 15) is 4.79 Å². The molecular formula is C10H19N3O. The van der Waals surface area contributed by atoms with Crippen LogP contribution in [0.3, 0.4) is 0 Å². The Bertz CT molecular complexity index is 248. The molecule has 3 rings (SSSR count). The Kier molecular flexibility index (Phi) is 2.27. The minimum atomic E-state index is -0.373. The molecule has 2 unspecified atom stereocenters. The predicted molar refractivity (Wildman–Crippen MR) is 54.4 cm³/mol. The Hall–Kier alpha value is -0.610. The lowest BCUT2D eigenvalue weighted by molar-refractivity contribution is -0.126. The average Bonchev–Trinajstić information content (AvgIpc) is 2.18. The molecule has 0 aromatic heterocycles. The van der Waals surface area contributed by atoms with Crippen LogP contribution in [-0.4, -0.2) is 36.0 Å². The number of amides is 1. The number of nitrogens with two attached hydrogens (primary N) is 2. The predicted octanol–water partition coefficient (Wildman–Crippen LogP) is -0.469. The van der Waals surface area contributed by atoms with E-state index in [4.69, 9.17) is 11.5 Å². The fourth-order valence-corrected chi connectivity index (χ4v) is 2.90. The third-order valence-electron chi connectivity index (χ3n) is 4.08. The van der Waals surface area contributed by atoms with Crippen LogP contribution in [-0.2, 0) is 4.79 Å². The molecule has 80 valence electrons. The van der Waals surface area contributed by atoms with Crippen LogP contribution in [0.4, 0.5) is 0 Å². The lowest BCUT2D eigenvalue weighted by Gasteiger charge is -2.53. The third-order valence-corrected chi connectivity index (χ3v) is 4.08. The van der Waals surface area contributed by atoms with Gasteiger partial charge in [-0.2, -0.15) is 0 Å². The van der Waals surface area contributed by atoms with Crippen molar-refractivity contribution < 1.29 is 4.79 Å². The van der Waals surface area contributed by atoms with Crippen molar-refractivity contribution in [2.24, 2.45) is 23.3 Å². The van der Waals surface area contributed by atoms with E-state index in [2.05, 4.69) is 4.90 Å². The van der Waals surface area contributed by atoms with Crippen LogP contribution in [0.1, 0.15) is 19.8 Å². The summed E-state index contributed by atoms with van der Waals surface area (Å²) in [6.07, 6.45) is 2.24. The molecule has 0 aliphatic carbocycles. The summed E-state index contributed by atoms with van der Waals surface area (Å²) in [6, 6.07) is 0. The van der Waals surface area contributed by atoms with Gasteiger partial charge in [0, 0.05) is 12.1 Å². The first-order valence-electron chi connectivity index (χ1n) is 5.34. The van der Waals surface area contributed by atoms with Gasteiger partial charge in [-0.15, -0.1) is 0 Å². The zero-order valence-corrected chi connectivity index (χ0v) is 8.70. The molecule has 0 saturated carbocycles. The van der Waals surface area contributed by atoms with Crippen LogP contribution in [0.2, 0.25) is 0 Å². The first kappa shape index (κ1) is 9.93. The highest BCUT2D eigenvalue weighted by atomic mass is 16.1. The minimum Gasteiger partial charge on any atom is -0.369 e. The SMILES string of the molecule is CC(C(N)=O)C1(N)CN2CCC1CC2. The molecule has 3 fully saturated rings. The van der Waals surface area contributed by atoms with E-state index < -0.39 is 0 Å². The number of nitrogens with zero attached hydrogens (tertiary/aromatic N) is 1. The number of rotatable bonds is 2. The maximum atomic E-state index is 11.2. The van der Waals surface area contributed by atoms with Gasteiger partial charge in [-0.25, -0.2) is 0 Å². The zero-order valence-electron chi connectivity index (χ0n) is 8.70. The molecule has 0 radical (unpaired) electrons. The molecule has 3 saturated heterocycles. The summed E-state index contributed by atoms with van der Waals surface area (Å²) in [5.41, 5.74) is 11.3. The summed E-state index contributed by atoms with van der Waals surface area (Å²) >= 11 is 0. The van der Waals surface area contributed by atoms with Crippen LogP contribution in [0.15, 0.2) is 0 Å². The number of carbonyl (C=O) groups is 1. The van der Waals surface area contributed by atoms with Crippen molar-refractivity contribution in [1.29, 1.82) is 0 Å². The van der Waals surface area contributed by atoms with E-state index in [1.165, 1.54) is 0 Å². The molecule has 4 nitrogen and oxygen atoms in total. The topological polar surface area (TPSA) is 72.3 Å². The number of fused-ring (bicyclic) bond motifs is 3. The zero-order chi connectivity index (χ0) is 10.3. The molecule has 0 aromatic rings. The summed E-state index contributed by atoms with van der Waals surface area (Å²) in [7, 11) is 0. The van der Waals surface area contributed by atoms with Gasteiger partial charge >= 0.3 is 0 Å². The Labute approximate surface area is 84.6 Å². The summed E-state index contributed by atoms with van der Waals surface area (Å²) in [4.78, 5) is 13.6. The molecule has 0 aromatic carbocycles. The van der Waals surface area contributed by atoms with Crippen molar-refractivity contribution >= 4 is 5.91 Å². The number of primary amides is 1. The van der Waals surface area contributed by atoms with Crippen LogP contribution in [0.5, 0.6) is 0 Å². The van der Waals surface area contributed by atoms with Crippen LogP contribution < -0.4 is 11.5 Å². The quantitative estimate of drug-likeness (QED) is 0.628. The van der Waals surface area contributed by atoms with Crippen molar-refractivity contribution in [3.8, 4) is 0 Å². The van der Waals surface area contributed by atoms with Crippen LogP contribution in [0, 0.1) is 11.8 Å². The average molecular weight is 197 g/mol. The highest BCUT2D eigenvalue weighted by molar-refractivity contribution is 5.78. The second-order valence-electron chi connectivity index (χ2n) is 4.79. The summed E-state index contributed by atoms with van der Waals surface area (Å²) < 4.78 is 0.